The highest BCUT2D eigenvalue weighted by molar-refractivity contribution is 5.97. The van der Waals surface area contributed by atoms with Crippen LogP contribution < -0.4 is 0 Å². The van der Waals surface area contributed by atoms with Crippen LogP contribution >= 0.6 is 0 Å². The lowest BCUT2D eigenvalue weighted by atomic mass is 9.86. The highest BCUT2D eigenvalue weighted by Crippen LogP contribution is 2.27. The van der Waals surface area contributed by atoms with Crippen molar-refractivity contribution in [3.05, 3.63) is 35.2 Å². The molecular weight excluding hydrogens is 310 g/mol. The van der Waals surface area contributed by atoms with Gasteiger partial charge >= 0.3 is 0 Å². The van der Waals surface area contributed by atoms with E-state index in [1.54, 1.807) is 0 Å². The third-order valence-electron chi connectivity index (χ3n) is 5.59. The normalized spacial score (nSPS) is 20.6. The summed E-state index contributed by atoms with van der Waals surface area (Å²) in [4.78, 5) is 24.3. The summed E-state index contributed by atoms with van der Waals surface area (Å²) in [5.41, 5.74) is 4.51. The first kappa shape index (κ1) is 17.8. The fourth-order valence-electron chi connectivity index (χ4n) is 3.83. The van der Waals surface area contributed by atoms with E-state index in [1.807, 2.05) is 30.1 Å². The molecule has 1 aliphatic carbocycles. The molecule has 0 bridgehead atoms. The molecule has 2 aromatic rings. The number of benzene rings is 1. The Morgan fingerprint density at radius 3 is 2.24 bits per heavy atom. The van der Waals surface area contributed by atoms with Gasteiger partial charge in [0, 0.05) is 18.7 Å². The van der Waals surface area contributed by atoms with Crippen molar-refractivity contribution in [2.45, 2.75) is 65.3 Å². The van der Waals surface area contributed by atoms with Gasteiger partial charge in [-0.3, -0.25) is 4.79 Å². The van der Waals surface area contributed by atoms with Crippen molar-refractivity contribution in [2.24, 2.45) is 5.92 Å². The second-order valence-electron chi connectivity index (χ2n) is 7.36. The van der Waals surface area contributed by atoms with Crippen molar-refractivity contribution in [3.63, 3.8) is 0 Å². The number of fused-ring (bicyclic) bond motifs is 1. The first-order valence-corrected chi connectivity index (χ1v) is 9.60. The van der Waals surface area contributed by atoms with Gasteiger partial charge in [-0.25, -0.2) is 9.97 Å². The molecule has 4 heteroatoms. The number of rotatable bonds is 4. The summed E-state index contributed by atoms with van der Waals surface area (Å²) in [6.45, 7) is 6.50. The van der Waals surface area contributed by atoms with Crippen molar-refractivity contribution in [3.8, 4) is 0 Å². The number of aryl methyl sites for hydroxylation is 2. The Morgan fingerprint density at radius 1 is 1.04 bits per heavy atom. The van der Waals surface area contributed by atoms with Crippen LogP contribution in [-0.2, 0) is 12.8 Å². The highest BCUT2D eigenvalue weighted by atomic mass is 16.2. The predicted molar refractivity (Wildman–Crippen MR) is 102 cm³/mol. The molecule has 0 unspecified atom stereocenters. The fraction of sp³-hybridized carbons (Fsp3) is 0.571. The number of hydrogen-bond acceptors (Lipinski definition) is 3. The average molecular weight is 339 g/mol. The van der Waals surface area contributed by atoms with E-state index in [0.717, 1.165) is 54.0 Å². The van der Waals surface area contributed by atoms with Crippen LogP contribution in [0, 0.1) is 5.92 Å². The molecule has 1 aromatic carbocycles. The largest absolute Gasteiger partial charge is 0.339 e. The molecule has 1 heterocycles. The van der Waals surface area contributed by atoms with Crippen LogP contribution in [0.5, 0.6) is 0 Å². The summed E-state index contributed by atoms with van der Waals surface area (Å²) < 4.78 is 0. The van der Waals surface area contributed by atoms with Crippen LogP contribution in [0.25, 0.3) is 11.0 Å². The van der Waals surface area contributed by atoms with E-state index in [4.69, 9.17) is 9.97 Å². The molecule has 0 saturated heterocycles. The van der Waals surface area contributed by atoms with Crippen LogP contribution in [0.1, 0.15) is 68.2 Å². The minimum absolute atomic E-state index is 0.0980. The first-order chi connectivity index (χ1) is 12.0. The summed E-state index contributed by atoms with van der Waals surface area (Å²) in [5.74, 6) is 0.886. The van der Waals surface area contributed by atoms with Crippen molar-refractivity contribution in [2.75, 3.05) is 7.05 Å². The zero-order valence-corrected chi connectivity index (χ0v) is 15.9. The van der Waals surface area contributed by atoms with Crippen molar-refractivity contribution < 1.29 is 4.79 Å². The summed E-state index contributed by atoms with van der Waals surface area (Å²) in [6.07, 6.45) is 6.39. The number of nitrogens with zero attached hydrogens (tertiary/aromatic N) is 3. The molecule has 1 saturated carbocycles. The Morgan fingerprint density at radius 2 is 1.64 bits per heavy atom. The van der Waals surface area contributed by atoms with Gasteiger partial charge in [0.15, 0.2) is 0 Å². The van der Waals surface area contributed by atoms with Crippen LogP contribution in [0.2, 0.25) is 0 Å². The highest BCUT2D eigenvalue weighted by Gasteiger charge is 2.25. The van der Waals surface area contributed by atoms with Crippen LogP contribution in [0.3, 0.4) is 0 Å². The second-order valence-corrected chi connectivity index (χ2v) is 7.36. The van der Waals surface area contributed by atoms with Gasteiger partial charge in [0.1, 0.15) is 0 Å². The Labute approximate surface area is 150 Å². The molecule has 25 heavy (non-hydrogen) atoms. The molecule has 0 atom stereocenters. The first-order valence-electron chi connectivity index (χ1n) is 9.60. The fourth-order valence-corrected chi connectivity index (χ4v) is 3.83. The Kier molecular flexibility index (Phi) is 5.36. The molecule has 134 valence electrons. The summed E-state index contributed by atoms with van der Waals surface area (Å²) in [6, 6.07) is 6.10. The molecule has 4 nitrogen and oxygen atoms in total. The lowest BCUT2D eigenvalue weighted by Crippen LogP contribution is -2.39. The minimum Gasteiger partial charge on any atom is -0.339 e. The topological polar surface area (TPSA) is 46.1 Å². The van der Waals surface area contributed by atoms with E-state index in [0.29, 0.717) is 11.6 Å². The van der Waals surface area contributed by atoms with E-state index >= 15 is 0 Å². The predicted octanol–water partition coefficient (Wildman–Crippen LogP) is 4.41. The summed E-state index contributed by atoms with van der Waals surface area (Å²) in [7, 11) is 1.94. The zero-order chi connectivity index (χ0) is 18.0. The molecule has 0 spiro atoms. The van der Waals surface area contributed by atoms with Gasteiger partial charge in [0.25, 0.3) is 5.91 Å². The maximum Gasteiger partial charge on any atom is 0.253 e. The number of carbonyl (C=O) groups is 1. The Hall–Kier alpha value is -1.97. The maximum absolute atomic E-state index is 12.9. The molecule has 1 amide bonds. The lowest BCUT2D eigenvalue weighted by Gasteiger charge is -2.33. The Balaban J connectivity index is 1.86. The van der Waals surface area contributed by atoms with Gasteiger partial charge in [0.2, 0.25) is 0 Å². The monoisotopic (exact) mass is 339 g/mol. The third-order valence-corrected chi connectivity index (χ3v) is 5.59. The smallest absolute Gasteiger partial charge is 0.253 e. The van der Waals surface area contributed by atoms with Crippen molar-refractivity contribution in [1.82, 2.24) is 14.9 Å². The number of amides is 1. The SMILES string of the molecule is CCc1nc2ccc(C(=O)N(C)C3CCC(C)CC3)cc2nc1CC. The quantitative estimate of drug-likeness (QED) is 0.829. The molecule has 3 rings (SSSR count). The molecular formula is C21H29N3O. The number of hydrogen-bond donors (Lipinski definition) is 0. The molecule has 0 aliphatic heterocycles. The molecule has 0 radical (unpaired) electrons. The lowest BCUT2D eigenvalue weighted by molar-refractivity contribution is 0.0679. The van der Waals surface area contributed by atoms with Gasteiger partial charge in [-0.15, -0.1) is 0 Å². The van der Waals surface area contributed by atoms with Crippen LogP contribution in [-0.4, -0.2) is 33.9 Å². The van der Waals surface area contributed by atoms with Crippen molar-refractivity contribution >= 4 is 16.9 Å². The van der Waals surface area contributed by atoms with E-state index in [2.05, 4.69) is 20.8 Å². The van der Waals surface area contributed by atoms with E-state index in [-0.39, 0.29) is 5.91 Å². The zero-order valence-electron chi connectivity index (χ0n) is 15.9. The number of aromatic nitrogens is 2. The van der Waals surface area contributed by atoms with E-state index in [9.17, 15) is 4.79 Å². The van der Waals surface area contributed by atoms with Gasteiger partial charge in [-0.2, -0.15) is 0 Å². The minimum atomic E-state index is 0.0980. The third kappa shape index (κ3) is 3.68. The standard InChI is InChI=1S/C21H29N3O/c1-5-17-18(6-2)23-20-13-15(9-12-19(20)22-17)21(25)24(4)16-10-7-14(3)8-11-16/h9,12-14,16H,5-8,10-11H2,1-4H3. The van der Waals surface area contributed by atoms with E-state index < -0.39 is 0 Å². The van der Waals surface area contributed by atoms with Gasteiger partial charge in [0.05, 0.1) is 22.4 Å². The molecule has 1 aliphatic rings. The molecule has 1 fully saturated rings. The molecule has 0 N–H and O–H groups in total. The van der Waals surface area contributed by atoms with E-state index in [1.165, 1.54) is 12.8 Å². The maximum atomic E-state index is 12.9. The average Bonchev–Trinajstić information content (AvgIpc) is 2.65. The summed E-state index contributed by atoms with van der Waals surface area (Å²) >= 11 is 0. The molecule has 1 aromatic heterocycles. The van der Waals surface area contributed by atoms with Crippen LogP contribution in [0.15, 0.2) is 18.2 Å². The second kappa shape index (κ2) is 7.51. The van der Waals surface area contributed by atoms with Crippen molar-refractivity contribution in [1.29, 1.82) is 0 Å². The van der Waals surface area contributed by atoms with Gasteiger partial charge in [-0.1, -0.05) is 20.8 Å². The number of carbonyl (C=O) groups excluding carboxylic acids is 1. The Bertz CT molecular complexity index is 763. The summed E-state index contributed by atoms with van der Waals surface area (Å²) in [5, 5.41) is 0. The van der Waals surface area contributed by atoms with Crippen LogP contribution in [0.4, 0.5) is 0 Å². The van der Waals surface area contributed by atoms with Gasteiger partial charge < -0.3 is 4.90 Å². The van der Waals surface area contributed by atoms with Gasteiger partial charge in [-0.05, 0) is 62.6 Å².